The zero-order valence-corrected chi connectivity index (χ0v) is 16.4. The maximum atomic E-state index is 13.2. The Kier molecular flexibility index (Phi) is 5.16. The fourth-order valence-corrected chi connectivity index (χ4v) is 5.30. The molecule has 0 unspecified atom stereocenters. The maximum absolute atomic E-state index is 13.2. The highest BCUT2D eigenvalue weighted by Gasteiger charge is 2.25. The van der Waals surface area contributed by atoms with Crippen molar-refractivity contribution in [3.63, 3.8) is 0 Å². The summed E-state index contributed by atoms with van der Waals surface area (Å²) in [5, 5.41) is 1.97. The molecule has 0 atom stereocenters. The number of hydroxylamine groups is 1. The van der Waals surface area contributed by atoms with Gasteiger partial charge in [0.2, 0.25) is 0 Å². The molecule has 136 valence electrons. The van der Waals surface area contributed by atoms with Gasteiger partial charge in [0, 0.05) is 22.2 Å². The summed E-state index contributed by atoms with van der Waals surface area (Å²) in [5.74, 6) is 0.808. The first-order valence-corrected chi connectivity index (χ1v) is 10.5. The quantitative estimate of drug-likeness (QED) is 0.350. The van der Waals surface area contributed by atoms with Crippen molar-refractivity contribution in [3.8, 4) is 5.75 Å². The van der Waals surface area contributed by atoms with Gasteiger partial charge in [0.25, 0.3) is 0 Å². The van der Waals surface area contributed by atoms with Crippen molar-refractivity contribution >= 4 is 43.1 Å². The topological polar surface area (TPSA) is 38.3 Å². The molecule has 0 spiro atoms. The summed E-state index contributed by atoms with van der Waals surface area (Å²) >= 11 is 8.35. The molecule has 2 aromatic carbocycles. The second-order valence-electron chi connectivity index (χ2n) is 6.79. The summed E-state index contributed by atoms with van der Waals surface area (Å²) in [6.45, 7) is 2.94. The van der Waals surface area contributed by atoms with Crippen molar-refractivity contribution in [2.75, 3.05) is 6.54 Å². The van der Waals surface area contributed by atoms with Gasteiger partial charge >= 0.3 is 0 Å². The maximum Gasteiger partial charge on any atom is 0.197 e. The average molecular weight is 388 g/mol. The zero-order chi connectivity index (χ0) is 18.1. The summed E-state index contributed by atoms with van der Waals surface area (Å²) in [6.07, 6.45) is 6.24. The van der Waals surface area contributed by atoms with Crippen LogP contribution < -0.4 is 15.7 Å². The van der Waals surface area contributed by atoms with Crippen LogP contribution in [0.15, 0.2) is 29.1 Å². The molecule has 26 heavy (non-hydrogen) atoms. The second-order valence-corrected chi connectivity index (χ2v) is 8.22. The smallest absolute Gasteiger partial charge is 0.197 e. The highest BCUT2D eigenvalue weighted by atomic mass is 35.5. The first-order chi connectivity index (χ1) is 12.7. The lowest BCUT2D eigenvalue weighted by Crippen LogP contribution is -2.22. The van der Waals surface area contributed by atoms with Crippen molar-refractivity contribution in [3.05, 3.63) is 50.6 Å². The number of unbranched alkanes of at least 4 members (excludes halogenated alkanes) is 1. The Morgan fingerprint density at radius 3 is 2.77 bits per heavy atom. The second kappa shape index (κ2) is 7.55. The van der Waals surface area contributed by atoms with Gasteiger partial charge < -0.3 is 4.84 Å². The summed E-state index contributed by atoms with van der Waals surface area (Å²) in [5.41, 5.74) is 5.36. The average Bonchev–Trinajstić information content (AvgIpc) is 2.67. The predicted octanol–water partition coefficient (Wildman–Crippen LogP) is 5.63. The molecule has 0 bridgehead atoms. The lowest BCUT2D eigenvalue weighted by Gasteiger charge is -2.23. The van der Waals surface area contributed by atoms with Crippen LogP contribution in [0.25, 0.3) is 20.2 Å². The number of hydrogen-bond donors (Lipinski definition) is 1. The van der Waals surface area contributed by atoms with E-state index in [1.807, 2.05) is 24.3 Å². The SMILES string of the molecule is CCCCNOc1c2c(c(Cl)c3c(=O)c4ccccc4sc13)CCCC2. The van der Waals surface area contributed by atoms with Crippen molar-refractivity contribution in [1.82, 2.24) is 5.48 Å². The minimum Gasteiger partial charge on any atom is -0.407 e. The highest BCUT2D eigenvalue weighted by molar-refractivity contribution is 7.25. The third-order valence-electron chi connectivity index (χ3n) is 5.04. The molecule has 3 nitrogen and oxygen atoms in total. The number of benzene rings is 2. The first kappa shape index (κ1) is 17.8. The third kappa shape index (κ3) is 3.00. The van der Waals surface area contributed by atoms with Crippen LogP contribution in [0.3, 0.4) is 0 Å². The molecule has 1 aliphatic carbocycles. The van der Waals surface area contributed by atoms with Crippen molar-refractivity contribution < 1.29 is 4.84 Å². The third-order valence-corrected chi connectivity index (χ3v) is 6.62. The fourth-order valence-electron chi connectivity index (χ4n) is 3.67. The van der Waals surface area contributed by atoms with Crippen LogP contribution in [-0.4, -0.2) is 6.54 Å². The summed E-state index contributed by atoms with van der Waals surface area (Å²) in [7, 11) is 0. The molecule has 0 aliphatic heterocycles. The van der Waals surface area contributed by atoms with Crippen LogP contribution in [0.1, 0.15) is 43.7 Å². The zero-order valence-electron chi connectivity index (χ0n) is 14.9. The normalized spacial score (nSPS) is 13.9. The molecule has 0 amide bonds. The largest absolute Gasteiger partial charge is 0.407 e. The van der Waals surface area contributed by atoms with E-state index in [2.05, 4.69) is 12.4 Å². The number of hydrogen-bond acceptors (Lipinski definition) is 4. The molecule has 0 fully saturated rings. The van der Waals surface area contributed by atoms with Gasteiger partial charge in [-0.3, -0.25) is 4.79 Å². The van der Waals surface area contributed by atoms with E-state index in [9.17, 15) is 4.79 Å². The van der Waals surface area contributed by atoms with E-state index in [4.69, 9.17) is 16.4 Å². The van der Waals surface area contributed by atoms with E-state index in [1.54, 1.807) is 11.3 Å². The minimum absolute atomic E-state index is 0.00568. The highest BCUT2D eigenvalue weighted by Crippen LogP contribution is 2.44. The molecule has 4 rings (SSSR count). The molecule has 1 aliphatic rings. The van der Waals surface area contributed by atoms with Crippen LogP contribution in [0.2, 0.25) is 5.02 Å². The van der Waals surface area contributed by atoms with Crippen LogP contribution >= 0.6 is 22.9 Å². The van der Waals surface area contributed by atoms with Gasteiger partial charge in [0.15, 0.2) is 11.2 Å². The van der Waals surface area contributed by atoms with Crippen molar-refractivity contribution in [2.45, 2.75) is 45.4 Å². The van der Waals surface area contributed by atoms with Crippen LogP contribution in [0.4, 0.5) is 0 Å². The van der Waals surface area contributed by atoms with E-state index in [0.717, 1.165) is 71.2 Å². The molecule has 3 aromatic rings. The van der Waals surface area contributed by atoms with Crippen molar-refractivity contribution in [2.24, 2.45) is 0 Å². The van der Waals surface area contributed by atoms with E-state index >= 15 is 0 Å². The number of rotatable bonds is 5. The Morgan fingerprint density at radius 1 is 1.19 bits per heavy atom. The van der Waals surface area contributed by atoms with E-state index in [-0.39, 0.29) is 5.43 Å². The molecular formula is C21H22ClNO2S. The van der Waals surface area contributed by atoms with Crippen molar-refractivity contribution in [1.29, 1.82) is 0 Å². The Labute approximate surface area is 161 Å². The number of nitrogens with one attached hydrogen (secondary N) is 1. The first-order valence-electron chi connectivity index (χ1n) is 9.30. The molecule has 1 aromatic heterocycles. The standard InChI is InChI=1S/C21H22ClNO2S/c1-2-3-12-23-25-20-14-9-5-4-8-13(14)18(22)17-19(24)15-10-6-7-11-16(15)26-21(17)20/h6-7,10-11,23H,2-5,8-9,12H2,1H3. The number of halogens is 1. The van der Waals surface area contributed by atoms with Gasteiger partial charge in [0.1, 0.15) is 0 Å². The predicted molar refractivity (Wildman–Crippen MR) is 111 cm³/mol. The Bertz CT molecular complexity index is 1030. The summed E-state index contributed by atoms with van der Waals surface area (Å²) in [6, 6.07) is 7.73. The molecule has 1 N–H and O–H groups in total. The van der Waals surface area contributed by atoms with Gasteiger partial charge in [-0.2, -0.15) is 5.48 Å². The monoisotopic (exact) mass is 387 g/mol. The Hall–Kier alpha value is -1.62. The van der Waals surface area contributed by atoms with Gasteiger partial charge in [0.05, 0.1) is 15.1 Å². The molecule has 1 heterocycles. The number of fused-ring (bicyclic) bond motifs is 3. The fraction of sp³-hybridized carbons (Fsp3) is 0.381. The van der Waals surface area contributed by atoms with Gasteiger partial charge in [-0.05, 0) is 49.8 Å². The van der Waals surface area contributed by atoms with Crippen LogP contribution in [0.5, 0.6) is 5.75 Å². The molecule has 0 saturated heterocycles. The van der Waals surface area contributed by atoms with Crippen LogP contribution in [-0.2, 0) is 12.8 Å². The van der Waals surface area contributed by atoms with Gasteiger partial charge in [-0.1, -0.05) is 37.1 Å². The summed E-state index contributed by atoms with van der Waals surface area (Å²) < 4.78 is 1.83. The summed E-state index contributed by atoms with van der Waals surface area (Å²) in [4.78, 5) is 19.2. The molecule has 5 heteroatoms. The Morgan fingerprint density at radius 2 is 1.96 bits per heavy atom. The minimum atomic E-state index is 0.00568. The van der Waals surface area contributed by atoms with Gasteiger partial charge in [-0.15, -0.1) is 11.3 Å². The van der Waals surface area contributed by atoms with Gasteiger partial charge in [-0.25, -0.2) is 0 Å². The lowest BCUT2D eigenvalue weighted by molar-refractivity contribution is 0.194. The van der Waals surface area contributed by atoms with E-state index < -0.39 is 0 Å². The van der Waals surface area contributed by atoms with Crippen LogP contribution in [0, 0.1) is 0 Å². The molecule has 0 saturated carbocycles. The Balaban J connectivity index is 1.99. The van der Waals surface area contributed by atoms with E-state index in [1.165, 1.54) is 5.56 Å². The molecular weight excluding hydrogens is 366 g/mol. The molecule has 0 radical (unpaired) electrons. The lowest BCUT2D eigenvalue weighted by atomic mass is 9.89. The van der Waals surface area contributed by atoms with E-state index in [0.29, 0.717) is 10.4 Å².